The van der Waals surface area contributed by atoms with E-state index in [2.05, 4.69) is 171 Å². The van der Waals surface area contributed by atoms with Gasteiger partial charge in [-0.3, -0.25) is 0 Å². The molecule has 44 heavy (non-hydrogen) atoms. The molecule has 8 aromatic carbocycles. The van der Waals surface area contributed by atoms with Crippen molar-refractivity contribution in [3.63, 3.8) is 0 Å². The second-order valence-corrected chi connectivity index (χ2v) is 18.1. The molecule has 0 aromatic heterocycles. The maximum absolute atomic E-state index is 2.41. The molecule has 0 radical (unpaired) electrons. The highest BCUT2D eigenvalue weighted by Gasteiger charge is 2.18. The molecule has 0 aliphatic heterocycles. The lowest BCUT2D eigenvalue weighted by Crippen LogP contribution is -2.37. The highest BCUT2D eigenvalue weighted by atomic mass is 28.3. The Labute approximate surface area is 260 Å². The lowest BCUT2D eigenvalue weighted by atomic mass is 9.85. The molecule has 0 heterocycles. The van der Waals surface area contributed by atoms with Gasteiger partial charge >= 0.3 is 0 Å². The van der Waals surface area contributed by atoms with E-state index in [0.717, 1.165) is 0 Å². The van der Waals surface area contributed by atoms with Gasteiger partial charge in [-0.25, -0.2) is 0 Å². The Morgan fingerprint density at radius 1 is 0.318 bits per heavy atom. The summed E-state index contributed by atoms with van der Waals surface area (Å²) in [5.74, 6) is 0. The average molecular weight is 579 g/mol. The molecule has 0 aliphatic rings. The Kier molecular flexibility index (Phi) is 6.25. The van der Waals surface area contributed by atoms with Gasteiger partial charge in [0.1, 0.15) is 0 Å². The summed E-state index contributed by atoms with van der Waals surface area (Å²) in [5.41, 5.74) is 7.59. The van der Waals surface area contributed by atoms with E-state index in [1.165, 1.54) is 81.7 Å². The summed E-state index contributed by atoms with van der Waals surface area (Å²) in [7, 11) is -1.34. The third-order valence-corrected chi connectivity index (χ3v) is 11.2. The molecule has 0 saturated carbocycles. The lowest BCUT2D eigenvalue weighted by Gasteiger charge is -2.18. The predicted octanol–water partition coefficient (Wildman–Crippen LogP) is 11.8. The standard InChI is InChI=1S/C43H34Si/c1-44(2,3)37-25-24-34-26-33(21-22-35(34)28-37)30-16-19-31(20-17-30)42-38-12-6-8-14-40(38)43(41-15-9-7-13-39(41)42)36-23-18-29-10-4-5-11-32(29)27-36/h4-28H,1-3H3. The zero-order valence-electron chi connectivity index (χ0n) is 25.4. The van der Waals surface area contributed by atoms with Crippen molar-refractivity contribution in [2.45, 2.75) is 19.6 Å². The fourth-order valence-corrected chi connectivity index (χ4v) is 7.99. The van der Waals surface area contributed by atoms with Gasteiger partial charge < -0.3 is 0 Å². The number of benzene rings is 8. The van der Waals surface area contributed by atoms with Gasteiger partial charge in [0.2, 0.25) is 0 Å². The van der Waals surface area contributed by atoms with Crippen LogP contribution in [0.3, 0.4) is 0 Å². The summed E-state index contributed by atoms with van der Waals surface area (Å²) in [6, 6.07) is 56.4. The molecule has 0 nitrogen and oxygen atoms in total. The molecule has 0 saturated heterocycles. The number of fused-ring (bicyclic) bond motifs is 4. The van der Waals surface area contributed by atoms with E-state index < -0.39 is 8.07 Å². The first-order valence-corrected chi connectivity index (χ1v) is 19.0. The van der Waals surface area contributed by atoms with Gasteiger partial charge in [-0.1, -0.05) is 164 Å². The quantitative estimate of drug-likeness (QED) is 0.144. The Balaban J connectivity index is 1.27. The largest absolute Gasteiger partial charge is 0.0776 e. The minimum atomic E-state index is -1.34. The Morgan fingerprint density at radius 3 is 1.36 bits per heavy atom. The highest BCUT2D eigenvalue weighted by molar-refractivity contribution is 6.88. The van der Waals surface area contributed by atoms with Crippen molar-refractivity contribution in [3.05, 3.63) is 152 Å². The highest BCUT2D eigenvalue weighted by Crippen LogP contribution is 2.44. The molecule has 1 heteroatoms. The second-order valence-electron chi connectivity index (χ2n) is 13.0. The number of rotatable bonds is 4. The third-order valence-electron chi connectivity index (χ3n) is 9.18. The third kappa shape index (κ3) is 4.52. The molecular weight excluding hydrogens is 545 g/mol. The monoisotopic (exact) mass is 578 g/mol. The summed E-state index contributed by atoms with van der Waals surface area (Å²) in [5, 5.41) is 11.8. The predicted molar refractivity (Wildman–Crippen MR) is 196 cm³/mol. The SMILES string of the molecule is C[Si](C)(C)c1ccc2cc(-c3ccc(-c4c5ccccc5c(-c5ccc6ccccc6c5)c5ccccc45)cc3)ccc2c1. The Bertz CT molecular complexity index is 2300. The van der Waals surface area contributed by atoms with Crippen LogP contribution in [-0.4, -0.2) is 8.07 Å². The molecule has 0 N–H and O–H groups in total. The minimum absolute atomic E-state index is 1.24. The normalized spacial score (nSPS) is 12.0. The van der Waals surface area contributed by atoms with Crippen molar-refractivity contribution in [1.82, 2.24) is 0 Å². The smallest absolute Gasteiger partial charge is 0.0656 e. The first kappa shape index (κ1) is 26.6. The van der Waals surface area contributed by atoms with Crippen LogP contribution in [0.25, 0.3) is 76.5 Å². The van der Waals surface area contributed by atoms with Gasteiger partial charge in [-0.2, -0.15) is 0 Å². The van der Waals surface area contributed by atoms with E-state index in [-0.39, 0.29) is 0 Å². The van der Waals surface area contributed by atoms with Gasteiger partial charge in [-0.05, 0) is 88.6 Å². The molecule has 0 aliphatic carbocycles. The first-order chi connectivity index (χ1) is 21.4. The van der Waals surface area contributed by atoms with Crippen molar-refractivity contribution in [2.24, 2.45) is 0 Å². The van der Waals surface area contributed by atoms with Crippen LogP contribution in [0.1, 0.15) is 0 Å². The van der Waals surface area contributed by atoms with Gasteiger partial charge in [0, 0.05) is 0 Å². The van der Waals surface area contributed by atoms with Crippen LogP contribution >= 0.6 is 0 Å². The fraction of sp³-hybridized carbons (Fsp3) is 0.0698. The van der Waals surface area contributed by atoms with E-state index in [1.54, 1.807) is 0 Å². The molecule has 0 unspecified atom stereocenters. The first-order valence-electron chi connectivity index (χ1n) is 15.5. The van der Waals surface area contributed by atoms with Crippen molar-refractivity contribution < 1.29 is 0 Å². The van der Waals surface area contributed by atoms with Crippen LogP contribution in [0.2, 0.25) is 19.6 Å². The van der Waals surface area contributed by atoms with Crippen LogP contribution in [0, 0.1) is 0 Å². The van der Waals surface area contributed by atoms with Crippen molar-refractivity contribution >= 4 is 56.4 Å². The maximum atomic E-state index is 2.41. The van der Waals surface area contributed by atoms with E-state index >= 15 is 0 Å². The zero-order chi connectivity index (χ0) is 29.8. The molecule has 8 rings (SSSR count). The molecule has 0 spiro atoms. The molecule has 0 atom stereocenters. The summed E-state index contributed by atoms with van der Waals surface area (Å²) < 4.78 is 0. The Morgan fingerprint density at radius 2 is 0.727 bits per heavy atom. The molecular formula is C43H34Si. The minimum Gasteiger partial charge on any atom is -0.0656 e. The molecule has 0 fully saturated rings. The number of hydrogen-bond acceptors (Lipinski definition) is 0. The van der Waals surface area contributed by atoms with Crippen LogP contribution in [-0.2, 0) is 0 Å². The second kappa shape index (κ2) is 10.3. The molecule has 210 valence electrons. The van der Waals surface area contributed by atoms with Crippen LogP contribution in [0.15, 0.2) is 152 Å². The maximum Gasteiger partial charge on any atom is 0.0776 e. The summed E-state index contributed by atoms with van der Waals surface area (Å²) in [6.45, 7) is 7.23. The van der Waals surface area contributed by atoms with Crippen molar-refractivity contribution in [1.29, 1.82) is 0 Å². The van der Waals surface area contributed by atoms with Crippen LogP contribution in [0.5, 0.6) is 0 Å². The summed E-state index contributed by atoms with van der Waals surface area (Å²) in [6.07, 6.45) is 0. The van der Waals surface area contributed by atoms with Crippen molar-refractivity contribution in [3.8, 4) is 33.4 Å². The number of hydrogen-bond donors (Lipinski definition) is 0. The Hall–Kier alpha value is -4.98. The molecule has 0 bridgehead atoms. The zero-order valence-corrected chi connectivity index (χ0v) is 26.4. The van der Waals surface area contributed by atoms with E-state index in [1.807, 2.05) is 0 Å². The van der Waals surface area contributed by atoms with Crippen molar-refractivity contribution in [2.75, 3.05) is 0 Å². The van der Waals surface area contributed by atoms with E-state index in [4.69, 9.17) is 0 Å². The van der Waals surface area contributed by atoms with Gasteiger partial charge in [-0.15, -0.1) is 0 Å². The van der Waals surface area contributed by atoms with Gasteiger partial charge in [0.25, 0.3) is 0 Å². The van der Waals surface area contributed by atoms with Gasteiger partial charge in [0.05, 0.1) is 8.07 Å². The van der Waals surface area contributed by atoms with Crippen LogP contribution < -0.4 is 5.19 Å². The van der Waals surface area contributed by atoms with E-state index in [0.29, 0.717) is 0 Å². The molecule has 0 amide bonds. The topological polar surface area (TPSA) is 0 Å². The summed E-state index contributed by atoms with van der Waals surface area (Å²) >= 11 is 0. The van der Waals surface area contributed by atoms with E-state index in [9.17, 15) is 0 Å². The fourth-order valence-electron chi connectivity index (χ4n) is 6.82. The molecule has 8 aromatic rings. The lowest BCUT2D eigenvalue weighted by molar-refractivity contribution is 1.63. The van der Waals surface area contributed by atoms with Crippen LogP contribution in [0.4, 0.5) is 0 Å². The summed E-state index contributed by atoms with van der Waals surface area (Å²) in [4.78, 5) is 0. The average Bonchev–Trinajstić information content (AvgIpc) is 3.06. The van der Waals surface area contributed by atoms with Gasteiger partial charge in [0.15, 0.2) is 0 Å².